The second kappa shape index (κ2) is 6.89. The maximum atomic E-state index is 12.5. The van der Waals surface area contributed by atoms with Crippen LogP contribution in [0.2, 0.25) is 0 Å². The van der Waals surface area contributed by atoms with Gasteiger partial charge in [-0.05, 0) is 24.3 Å². The van der Waals surface area contributed by atoms with Crippen LogP contribution in [0.3, 0.4) is 0 Å². The number of carbonyl (C=O) groups is 1. The molecule has 1 N–H and O–H groups in total. The number of hydrogen-bond acceptors (Lipinski definition) is 5. The zero-order chi connectivity index (χ0) is 15.5. The Morgan fingerprint density at radius 3 is 2.76 bits per heavy atom. The van der Waals surface area contributed by atoms with E-state index in [1.165, 1.54) is 6.26 Å². The molecular formula is C14H22N2O3S2. The third kappa shape index (κ3) is 4.28. The summed E-state index contributed by atoms with van der Waals surface area (Å²) in [6.45, 7) is 2.53. The zero-order valence-electron chi connectivity index (χ0n) is 12.4. The van der Waals surface area contributed by atoms with Gasteiger partial charge in [0.2, 0.25) is 5.91 Å². The summed E-state index contributed by atoms with van der Waals surface area (Å²) in [7, 11) is -2.98. The van der Waals surface area contributed by atoms with E-state index in [1.807, 2.05) is 17.5 Å². The molecule has 0 spiro atoms. The van der Waals surface area contributed by atoms with Gasteiger partial charge in [-0.25, -0.2) is 8.42 Å². The Morgan fingerprint density at radius 1 is 1.43 bits per heavy atom. The number of carbonyl (C=O) groups excluding carboxylic acids is 1. The lowest BCUT2D eigenvalue weighted by molar-refractivity contribution is -0.130. The maximum Gasteiger partial charge on any atom is 0.241 e. The van der Waals surface area contributed by atoms with E-state index in [0.29, 0.717) is 13.0 Å². The third-order valence-corrected chi connectivity index (χ3v) is 5.51. The highest BCUT2D eigenvalue weighted by atomic mass is 32.2. The predicted molar refractivity (Wildman–Crippen MR) is 84.9 cm³/mol. The van der Waals surface area contributed by atoms with Crippen molar-refractivity contribution in [2.24, 2.45) is 0 Å². The van der Waals surface area contributed by atoms with Crippen molar-refractivity contribution in [1.82, 2.24) is 10.2 Å². The van der Waals surface area contributed by atoms with Crippen molar-refractivity contribution < 1.29 is 13.2 Å². The van der Waals surface area contributed by atoms with Crippen LogP contribution in [-0.2, 0) is 14.6 Å². The van der Waals surface area contributed by atoms with Gasteiger partial charge in [0, 0.05) is 17.7 Å². The van der Waals surface area contributed by atoms with Gasteiger partial charge in [0.25, 0.3) is 0 Å². The van der Waals surface area contributed by atoms with Crippen molar-refractivity contribution in [2.75, 3.05) is 18.6 Å². The molecule has 5 nitrogen and oxygen atoms in total. The minimum absolute atomic E-state index is 0.0868. The average molecular weight is 330 g/mol. The summed E-state index contributed by atoms with van der Waals surface area (Å²) in [6.07, 6.45) is 3.34. The van der Waals surface area contributed by atoms with Crippen LogP contribution < -0.4 is 5.32 Å². The van der Waals surface area contributed by atoms with Crippen LogP contribution in [0.1, 0.15) is 37.2 Å². The SMILES string of the molecule is CCCC1NC(c2cccs2)N(CCCS(C)(=O)=O)C1=O. The normalized spacial score (nSPS) is 23.0. The monoisotopic (exact) mass is 330 g/mol. The van der Waals surface area contributed by atoms with Gasteiger partial charge in [-0.1, -0.05) is 19.4 Å². The molecule has 21 heavy (non-hydrogen) atoms. The fourth-order valence-corrected chi connectivity index (χ4v) is 4.04. The minimum atomic E-state index is -2.98. The molecule has 1 fully saturated rings. The molecule has 1 aliphatic heterocycles. The molecule has 1 saturated heterocycles. The summed E-state index contributed by atoms with van der Waals surface area (Å²) in [5, 5.41) is 5.37. The lowest BCUT2D eigenvalue weighted by Crippen LogP contribution is -2.32. The number of rotatable bonds is 7. The topological polar surface area (TPSA) is 66.5 Å². The standard InChI is InChI=1S/C14H22N2O3S2/c1-3-6-11-14(17)16(8-5-10-21(2,18)19)13(15-11)12-7-4-9-20-12/h4,7,9,11,13,15H,3,5-6,8,10H2,1-2H3. The number of amides is 1. The fourth-order valence-electron chi connectivity index (χ4n) is 2.59. The first kappa shape index (κ1) is 16.5. The van der Waals surface area contributed by atoms with E-state index < -0.39 is 9.84 Å². The molecule has 2 atom stereocenters. The first-order valence-electron chi connectivity index (χ1n) is 7.20. The van der Waals surface area contributed by atoms with Gasteiger partial charge < -0.3 is 4.90 Å². The molecule has 0 bridgehead atoms. The van der Waals surface area contributed by atoms with E-state index in [-0.39, 0.29) is 23.9 Å². The number of nitrogens with one attached hydrogen (secondary N) is 1. The summed E-state index contributed by atoms with van der Waals surface area (Å²) >= 11 is 1.61. The lowest BCUT2D eigenvalue weighted by Gasteiger charge is -2.23. The largest absolute Gasteiger partial charge is 0.321 e. The molecule has 0 radical (unpaired) electrons. The van der Waals surface area contributed by atoms with Crippen molar-refractivity contribution in [3.05, 3.63) is 22.4 Å². The number of hydrogen-bond donors (Lipinski definition) is 1. The Kier molecular flexibility index (Phi) is 5.40. The van der Waals surface area contributed by atoms with Crippen LogP contribution in [0.4, 0.5) is 0 Å². The molecule has 7 heteroatoms. The van der Waals surface area contributed by atoms with Crippen molar-refractivity contribution >= 4 is 27.1 Å². The van der Waals surface area contributed by atoms with Crippen molar-refractivity contribution in [3.63, 3.8) is 0 Å². The quantitative estimate of drug-likeness (QED) is 0.827. The van der Waals surface area contributed by atoms with Crippen LogP contribution in [0.5, 0.6) is 0 Å². The van der Waals surface area contributed by atoms with Crippen molar-refractivity contribution in [1.29, 1.82) is 0 Å². The summed E-state index contributed by atoms with van der Waals surface area (Å²) in [5.41, 5.74) is 0. The van der Waals surface area contributed by atoms with Crippen LogP contribution in [-0.4, -0.2) is 43.8 Å². The Morgan fingerprint density at radius 2 is 2.19 bits per heavy atom. The van der Waals surface area contributed by atoms with E-state index >= 15 is 0 Å². The highest BCUT2D eigenvalue weighted by molar-refractivity contribution is 7.90. The first-order valence-corrected chi connectivity index (χ1v) is 10.1. The molecule has 1 aromatic heterocycles. The number of thiophene rings is 1. The van der Waals surface area contributed by atoms with Gasteiger partial charge in [0.1, 0.15) is 16.0 Å². The van der Waals surface area contributed by atoms with Crippen LogP contribution >= 0.6 is 11.3 Å². The fraction of sp³-hybridized carbons (Fsp3) is 0.643. The molecule has 1 aliphatic rings. The lowest BCUT2D eigenvalue weighted by atomic mass is 10.2. The molecular weight excluding hydrogens is 308 g/mol. The molecule has 2 heterocycles. The molecule has 0 aliphatic carbocycles. The van der Waals surface area contributed by atoms with E-state index in [4.69, 9.17) is 0 Å². The number of nitrogens with zero attached hydrogens (tertiary/aromatic N) is 1. The van der Waals surface area contributed by atoms with Gasteiger partial charge in [0.05, 0.1) is 11.8 Å². The Balaban J connectivity index is 2.08. The minimum Gasteiger partial charge on any atom is -0.321 e. The third-order valence-electron chi connectivity index (χ3n) is 3.56. The van der Waals surface area contributed by atoms with Gasteiger partial charge in [-0.15, -0.1) is 11.3 Å². The smallest absolute Gasteiger partial charge is 0.241 e. The van der Waals surface area contributed by atoms with E-state index in [9.17, 15) is 13.2 Å². The van der Waals surface area contributed by atoms with Gasteiger partial charge in [0.15, 0.2) is 0 Å². The van der Waals surface area contributed by atoms with E-state index in [1.54, 1.807) is 16.2 Å². The van der Waals surface area contributed by atoms with Crippen LogP contribution in [0, 0.1) is 0 Å². The molecule has 0 aromatic carbocycles. The number of sulfone groups is 1. The Labute approximate surface area is 130 Å². The first-order chi connectivity index (χ1) is 9.92. The van der Waals surface area contributed by atoms with Crippen molar-refractivity contribution in [2.45, 2.75) is 38.4 Å². The van der Waals surface area contributed by atoms with Gasteiger partial charge in [-0.3, -0.25) is 10.1 Å². The van der Waals surface area contributed by atoms with E-state index in [0.717, 1.165) is 17.7 Å². The second-order valence-electron chi connectivity index (χ2n) is 5.44. The molecule has 118 valence electrons. The zero-order valence-corrected chi connectivity index (χ0v) is 14.0. The molecule has 1 aromatic rings. The summed E-state index contributed by atoms with van der Waals surface area (Å²) in [6, 6.07) is 3.82. The average Bonchev–Trinajstić information content (AvgIpc) is 3.00. The Hall–Kier alpha value is -0.920. The predicted octanol–water partition coefficient (Wildman–Crippen LogP) is 1.78. The molecule has 2 unspecified atom stereocenters. The van der Waals surface area contributed by atoms with Crippen LogP contribution in [0.25, 0.3) is 0 Å². The highest BCUT2D eigenvalue weighted by Gasteiger charge is 2.39. The van der Waals surface area contributed by atoms with E-state index in [2.05, 4.69) is 12.2 Å². The van der Waals surface area contributed by atoms with Crippen LogP contribution in [0.15, 0.2) is 17.5 Å². The molecule has 2 rings (SSSR count). The molecule has 1 amide bonds. The maximum absolute atomic E-state index is 12.5. The van der Waals surface area contributed by atoms with Gasteiger partial charge in [-0.2, -0.15) is 0 Å². The molecule has 0 saturated carbocycles. The second-order valence-corrected chi connectivity index (χ2v) is 8.68. The summed E-state index contributed by atoms with van der Waals surface area (Å²) < 4.78 is 22.5. The Bertz CT molecular complexity index is 569. The summed E-state index contributed by atoms with van der Waals surface area (Å²) in [4.78, 5) is 15.4. The van der Waals surface area contributed by atoms with Gasteiger partial charge >= 0.3 is 0 Å². The highest BCUT2D eigenvalue weighted by Crippen LogP contribution is 2.29. The van der Waals surface area contributed by atoms with Crippen molar-refractivity contribution in [3.8, 4) is 0 Å². The summed E-state index contributed by atoms with van der Waals surface area (Å²) in [5.74, 6) is 0.204.